The number of hydrogen-bond donors (Lipinski definition) is 2. The number of rotatable bonds is 3. The Kier molecular flexibility index (Phi) is 8.50. The lowest BCUT2D eigenvalue weighted by molar-refractivity contribution is -0.159. The lowest BCUT2D eigenvalue weighted by Crippen LogP contribution is -2.48. The maximum Gasteiger partial charge on any atom is 0.414 e. The number of halogens is 1. The van der Waals surface area contributed by atoms with Crippen LogP contribution in [0.5, 0.6) is 0 Å². The number of nitrogens with zero attached hydrogens (tertiary/aromatic N) is 2. The van der Waals surface area contributed by atoms with E-state index in [2.05, 4.69) is 50.0 Å². The number of morpholine rings is 1. The third-order valence-corrected chi connectivity index (χ3v) is 5.15. The minimum Gasteiger partial charge on any atom is -0.473 e. The molecule has 0 saturated carbocycles. The predicted octanol–water partition coefficient (Wildman–Crippen LogP) is 1.90. The first kappa shape index (κ1) is 20.8. The molecule has 144 valence electrons. The molecule has 8 heteroatoms. The number of aliphatic carboxylic acids is 2. The number of piperidine rings is 1. The molecule has 3 rings (SSSR count). The molecule has 0 aromatic heterocycles. The predicted molar refractivity (Wildman–Crippen MR) is 100 cm³/mol. The molecule has 0 bridgehead atoms. The average Bonchev–Trinajstić information content (AvgIpc) is 2.65. The molecule has 2 fully saturated rings. The first-order valence-corrected chi connectivity index (χ1v) is 9.50. The second-order valence-corrected chi connectivity index (χ2v) is 7.31. The fraction of sp³-hybridized carbons (Fsp3) is 0.556. The van der Waals surface area contributed by atoms with Crippen LogP contribution in [-0.2, 0) is 20.9 Å². The molecule has 0 aliphatic carbocycles. The SMILES string of the molecule is Brc1ccc(CN2CCC(N3CCOCC3)CC2)cc1.O=C(O)C(=O)O. The second-order valence-electron chi connectivity index (χ2n) is 6.39. The fourth-order valence-corrected chi connectivity index (χ4v) is 3.50. The summed E-state index contributed by atoms with van der Waals surface area (Å²) in [7, 11) is 0. The summed E-state index contributed by atoms with van der Waals surface area (Å²) in [6.07, 6.45) is 2.60. The van der Waals surface area contributed by atoms with Crippen molar-refractivity contribution in [2.45, 2.75) is 25.4 Å². The molecule has 0 unspecified atom stereocenters. The molecule has 2 aliphatic heterocycles. The Labute approximate surface area is 161 Å². The fourth-order valence-electron chi connectivity index (χ4n) is 3.23. The van der Waals surface area contributed by atoms with Crippen LogP contribution < -0.4 is 0 Å². The summed E-state index contributed by atoms with van der Waals surface area (Å²) in [6, 6.07) is 9.49. The average molecular weight is 429 g/mol. The lowest BCUT2D eigenvalue weighted by Gasteiger charge is -2.40. The van der Waals surface area contributed by atoms with Gasteiger partial charge in [0.1, 0.15) is 0 Å². The van der Waals surface area contributed by atoms with E-state index in [0.717, 1.165) is 43.4 Å². The van der Waals surface area contributed by atoms with Gasteiger partial charge in [-0.15, -0.1) is 0 Å². The molecule has 0 amide bonds. The standard InChI is InChI=1S/C16H23BrN2O.C2H2O4/c17-15-3-1-14(2-4-15)13-18-7-5-16(6-8-18)19-9-11-20-12-10-19;3-1(4)2(5)6/h1-4,16H,5-13H2;(H,3,4)(H,5,6). The topological polar surface area (TPSA) is 90.3 Å². The Hall–Kier alpha value is -1.48. The van der Waals surface area contributed by atoms with Gasteiger partial charge in [-0.1, -0.05) is 28.1 Å². The molecule has 7 nitrogen and oxygen atoms in total. The van der Waals surface area contributed by atoms with Crippen LogP contribution in [0.2, 0.25) is 0 Å². The van der Waals surface area contributed by atoms with Crippen LogP contribution in [-0.4, -0.2) is 77.4 Å². The number of ether oxygens (including phenoxy) is 1. The van der Waals surface area contributed by atoms with E-state index in [4.69, 9.17) is 24.5 Å². The zero-order valence-electron chi connectivity index (χ0n) is 14.6. The van der Waals surface area contributed by atoms with E-state index in [9.17, 15) is 0 Å². The van der Waals surface area contributed by atoms with Gasteiger partial charge in [0.25, 0.3) is 0 Å². The summed E-state index contributed by atoms with van der Waals surface area (Å²) in [5.41, 5.74) is 1.41. The summed E-state index contributed by atoms with van der Waals surface area (Å²) in [6.45, 7) is 7.60. The highest BCUT2D eigenvalue weighted by Gasteiger charge is 2.25. The molecule has 0 radical (unpaired) electrons. The number of carbonyl (C=O) groups is 2. The molecule has 1 aromatic carbocycles. The lowest BCUT2D eigenvalue weighted by atomic mass is 10.0. The van der Waals surface area contributed by atoms with Crippen LogP contribution in [0, 0.1) is 0 Å². The van der Waals surface area contributed by atoms with Gasteiger partial charge in [0.15, 0.2) is 0 Å². The summed E-state index contributed by atoms with van der Waals surface area (Å²) in [4.78, 5) is 23.4. The molecule has 2 heterocycles. The van der Waals surface area contributed by atoms with Gasteiger partial charge in [-0.25, -0.2) is 9.59 Å². The van der Waals surface area contributed by atoms with E-state index in [0.29, 0.717) is 0 Å². The van der Waals surface area contributed by atoms with Gasteiger partial charge < -0.3 is 14.9 Å². The van der Waals surface area contributed by atoms with E-state index in [-0.39, 0.29) is 0 Å². The zero-order chi connectivity index (χ0) is 18.9. The molecule has 2 aliphatic rings. The summed E-state index contributed by atoms with van der Waals surface area (Å²) < 4.78 is 6.60. The van der Waals surface area contributed by atoms with Gasteiger partial charge in [0.05, 0.1) is 13.2 Å². The van der Waals surface area contributed by atoms with Crippen molar-refractivity contribution in [1.82, 2.24) is 9.80 Å². The number of likely N-dealkylation sites (tertiary alicyclic amines) is 1. The minimum atomic E-state index is -1.82. The van der Waals surface area contributed by atoms with Crippen LogP contribution in [0.4, 0.5) is 0 Å². The molecule has 0 spiro atoms. The van der Waals surface area contributed by atoms with Crippen LogP contribution in [0.25, 0.3) is 0 Å². The van der Waals surface area contributed by atoms with E-state index < -0.39 is 11.9 Å². The Morgan fingerprint density at radius 3 is 2.04 bits per heavy atom. The van der Waals surface area contributed by atoms with Crippen molar-refractivity contribution in [3.8, 4) is 0 Å². The maximum atomic E-state index is 9.10. The first-order valence-electron chi connectivity index (χ1n) is 8.70. The number of hydrogen-bond acceptors (Lipinski definition) is 5. The van der Waals surface area contributed by atoms with Crippen molar-refractivity contribution < 1.29 is 24.5 Å². The molecule has 0 atom stereocenters. The molecular formula is C18H25BrN2O5. The van der Waals surface area contributed by atoms with Crippen LogP contribution >= 0.6 is 15.9 Å². The number of carboxylic acid groups (broad SMARTS) is 2. The molecule has 2 saturated heterocycles. The molecule has 26 heavy (non-hydrogen) atoms. The first-order chi connectivity index (χ1) is 12.5. The van der Waals surface area contributed by atoms with Gasteiger partial charge in [0.2, 0.25) is 0 Å². The second kappa shape index (κ2) is 10.6. The molecule has 2 N–H and O–H groups in total. The monoisotopic (exact) mass is 428 g/mol. The highest BCUT2D eigenvalue weighted by molar-refractivity contribution is 9.10. The van der Waals surface area contributed by atoms with Crippen molar-refractivity contribution >= 4 is 27.9 Å². The Morgan fingerprint density at radius 1 is 1.00 bits per heavy atom. The van der Waals surface area contributed by atoms with Gasteiger partial charge in [-0.2, -0.15) is 0 Å². The molecular weight excluding hydrogens is 404 g/mol. The number of benzene rings is 1. The van der Waals surface area contributed by atoms with Crippen LogP contribution in [0.15, 0.2) is 28.7 Å². The summed E-state index contributed by atoms with van der Waals surface area (Å²) in [5, 5.41) is 14.8. The van der Waals surface area contributed by atoms with Crippen molar-refractivity contribution in [3.63, 3.8) is 0 Å². The van der Waals surface area contributed by atoms with E-state index in [1.165, 1.54) is 31.5 Å². The molecule has 1 aromatic rings. The minimum absolute atomic E-state index is 0.778. The number of carboxylic acids is 2. The quantitative estimate of drug-likeness (QED) is 0.710. The highest BCUT2D eigenvalue weighted by Crippen LogP contribution is 2.20. The Bertz CT molecular complexity index is 570. The Morgan fingerprint density at radius 2 is 1.54 bits per heavy atom. The maximum absolute atomic E-state index is 9.10. The largest absolute Gasteiger partial charge is 0.473 e. The third-order valence-electron chi connectivity index (χ3n) is 4.62. The van der Waals surface area contributed by atoms with Gasteiger partial charge >= 0.3 is 11.9 Å². The van der Waals surface area contributed by atoms with Crippen molar-refractivity contribution in [3.05, 3.63) is 34.3 Å². The normalized spacial score (nSPS) is 19.4. The zero-order valence-corrected chi connectivity index (χ0v) is 16.2. The smallest absolute Gasteiger partial charge is 0.414 e. The van der Waals surface area contributed by atoms with Gasteiger partial charge in [-0.3, -0.25) is 9.80 Å². The van der Waals surface area contributed by atoms with Crippen molar-refractivity contribution in [2.75, 3.05) is 39.4 Å². The van der Waals surface area contributed by atoms with Gasteiger partial charge in [-0.05, 0) is 43.6 Å². The van der Waals surface area contributed by atoms with Crippen molar-refractivity contribution in [1.29, 1.82) is 0 Å². The van der Waals surface area contributed by atoms with Crippen LogP contribution in [0.3, 0.4) is 0 Å². The highest BCUT2D eigenvalue weighted by atomic mass is 79.9. The van der Waals surface area contributed by atoms with E-state index >= 15 is 0 Å². The third kappa shape index (κ3) is 7.03. The van der Waals surface area contributed by atoms with Crippen molar-refractivity contribution in [2.24, 2.45) is 0 Å². The summed E-state index contributed by atoms with van der Waals surface area (Å²) in [5.74, 6) is -3.65. The van der Waals surface area contributed by atoms with E-state index in [1.54, 1.807) is 0 Å². The van der Waals surface area contributed by atoms with Gasteiger partial charge in [0, 0.05) is 30.1 Å². The summed E-state index contributed by atoms with van der Waals surface area (Å²) >= 11 is 3.49. The van der Waals surface area contributed by atoms with Crippen LogP contribution in [0.1, 0.15) is 18.4 Å². The van der Waals surface area contributed by atoms with E-state index in [1.807, 2.05) is 0 Å². The Balaban J connectivity index is 0.000000352.